The van der Waals surface area contributed by atoms with E-state index in [0.717, 1.165) is 23.7 Å². The van der Waals surface area contributed by atoms with Crippen molar-refractivity contribution in [3.8, 4) is 5.19 Å². The van der Waals surface area contributed by atoms with Gasteiger partial charge in [0.25, 0.3) is 5.19 Å². The summed E-state index contributed by atoms with van der Waals surface area (Å²) >= 11 is 1.63. The highest BCUT2D eigenvalue weighted by atomic mass is 32.1. The summed E-state index contributed by atoms with van der Waals surface area (Å²) in [5.41, 5.74) is 1.04. The lowest BCUT2D eigenvalue weighted by Gasteiger charge is -2.23. The SMILES string of the molecule is c1ccc2sc(OCCC[C@@H]3CCCCN3)nc2c1. The number of para-hydroxylation sites is 1. The summed E-state index contributed by atoms with van der Waals surface area (Å²) in [6.07, 6.45) is 6.34. The predicted molar refractivity (Wildman–Crippen MR) is 80.0 cm³/mol. The quantitative estimate of drug-likeness (QED) is 0.847. The van der Waals surface area contributed by atoms with Gasteiger partial charge in [-0.15, -0.1) is 0 Å². The Morgan fingerprint density at radius 2 is 2.26 bits per heavy atom. The maximum absolute atomic E-state index is 5.76. The van der Waals surface area contributed by atoms with Crippen molar-refractivity contribution in [2.75, 3.05) is 13.2 Å². The number of aromatic nitrogens is 1. The van der Waals surface area contributed by atoms with Crippen LogP contribution < -0.4 is 10.1 Å². The van der Waals surface area contributed by atoms with Gasteiger partial charge in [0.05, 0.1) is 16.8 Å². The fourth-order valence-corrected chi connectivity index (χ4v) is 3.41. The van der Waals surface area contributed by atoms with Crippen molar-refractivity contribution in [2.24, 2.45) is 0 Å². The molecule has 2 aromatic rings. The molecular formula is C15H20N2OS. The van der Waals surface area contributed by atoms with E-state index in [-0.39, 0.29) is 0 Å². The second kappa shape index (κ2) is 6.35. The Balaban J connectivity index is 1.44. The molecule has 102 valence electrons. The van der Waals surface area contributed by atoms with E-state index in [2.05, 4.69) is 16.4 Å². The molecule has 0 radical (unpaired) electrons. The van der Waals surface area contributed by atoms with Gasteiger partial charge < -0.3 is 10.1 Å². The van der Waals surface area contributed by atoms with Crippen LogP contribution in [0.4, 0.5) is 0 Å². The smallest absolute Gasteiger partial charge is 0.274 e. The Bertz CT molecular complexity index is 487. The van der Waals surface area contributed by atoms with E-state index in [0.29, 0.717) is 6.04 Å². The third-order valence-corrected chi connectivity index (χ3v) is 4.56. The minimum absolute atomic E-state index is 0.702. The van der Waals surface area contributed by atoms with Crippen LogP contribution in [0.15, 0.2) is 24.3 Å². The summed E-state index contributed by atoms with van der Waals surface area (Å²) in [7, 11) is 0. The van der Waals surface area contributed by atoms with Crippen LogP contribution in [0, 0.1) is 0 Å². The monoisotopic (exact) mass is 276 g/mol. The Morgan fingerprint density at radius 1 is 1.32 bits per heavy atom. The fourth-order valence-electron chi connectivity index (χ4n) is 2.57. The van der Waals surface area contributed by atoms with Gasteiger partial charge in [-0.2, -0.15) is 0 Å². The van der Waals surface area contributed by atoms with Crippen molar-refractivity contribution in [3.05, 3.63) is 24.3 Å². The molecule has 1 aliphatic rings. The molecule has 19 heavy (non-hydrogen) atoms. The van der Waals surface area contributed by atoms with E-state index in [1.54, 1.807) is 11.3 Å². The van der Waals surface area contributed by atoms with Gasteiger partial charge in [0, 0.05) is 6.04 Å². The molecule has 0 amide bonds. The Hall–Kier alpha value is -1.13. The van der Waals surface area contributed by atoms with E-state index in [1.807, 2.05) is 18.2 Å². The molecule has 3 nitrogen and oxygen atoms in total. The number of nitrogens with one attached hydrogen (secondary N) is 1. The normalized spacial score (nSPS) is 19.7. The number of thiazole rings is 1. The van der Waals surface area contributed by atoms with E-state index in [1.165, 1.54) is 36.9 Å². The van der Waals surface area contributed by atoms with Gasteiger partial charge in [0.2, 0.25) is 0 Å². The lowest BCUT2D eigenvalue weighted by molar-refractivity contribution is 0.284. The van der Waals surface area contributed by atoms with Crippen LogP contribution in [0.25, 0.3) is 10.2 Å². The molecule has 4 heteroatoms. The second-order valence-corrected chi connectivity index (χ2v) is 6.08. The molecule has 1 atom stereocenters. The summed E-state index contributed by atoms with van der Waals surface area (Å²) in [6, 6.07) is 8.88. The van der Waals surface area contributed by atoms with Crippen LogP contribution in [0.2, 0.25) is 0 Å². The number of piperidine rings is 1. The van der Waals surface area contributed by atoms with Crippen molar-refractivity contribution in [3.63, 3.8) is 0 Å². The summed E-state index contributed by atoms with van der Waals surface area (Å²) < 4.78 is 6.96. The lowest BCUT2D eigenvalue weighted by atomic mass is 10.0. The summed E-state index contributed by atoms with van der Waals surface area (Å²) in [5.74, 6) is 0. The largest absolute Gasteiger partial charge is 0.470 e. The molecule has 0 spiro atoms. The van der Waals surface area contributed by atoms with E-state index in [9.17, 15) is 0 Å². The highest BCUT2D eigenvalue weighted by molar-refractivity contribution is 7.20. The molecule has 0 saturated carbocycles. The molecular weight excluding hydrogens is 256 g/mol. The Kier molecular flexibility index (Phi) is 4.30. The van der Waals surface area contributed by atoms with Crippen LogP contribution in [-0.2, 0) is 0 Å². The van der Waals surface area contributed by atoms with Crippen LogP contribution in [0.1, 0.15) is 32.1 Å². The maximum Gasteiger partial charge on any atom is 0.274 e. The minimum Gasteiger partial charge on any atom is -0.470 e. The zero-order valence-corrected chi connectivity index (χ0v) is 11.9. The maximum atomic E-state index is 5.76. The topological polar surface area (TPSA) is 34.1 Å². The van der Waals surface area contributed by atoms with Crippen LogP contribution in [-0.4, -0.2) is 24.2 Å². The first kappa shape index (κ1) is 12.9. The lowest BCUT2D eigenvalue weighted by Crippen LogP contribution is -2.34. The van der Waals surface area contributed by atoms with Gasteiger partial charge in [-0.1, -0.05) is 29.9 Å². The third kappa shape index (κ3) is 3.45. The third-order valence-electron chi connectivity index (χ3n) is 3.61. The first-order valence-electron chi connectivity index (χ1n) is 7.13. The number of hydrogen-bond donors (Lipinski definition) is 1. The molecule has 0 bridgehead atoms. The van der Waals surface area contributed by atoms with E-state index < -0.39 is 0 Å². The van der Waals surface area contributed by atoms with Crippen LogP contribution in [0.5, 0.6) is 5.19 Å². The summed E-state index contributed by atoms with van der Waals surface area (Å²) in [4.78, 5) is 4.48. The molecule has 1 aliphatic heterocycles. The molecule has 1 aromatic heterocycles. The van der Waals surface area contributed by atoms with Gasteiger partial charge in [-0.25, -0.2) is 4.98 Å². The van der Waals surface area contributed by atoms with E-state index >= 15 is 0 Å². The minimum atomic E-state index is 0.702. The Morgan fingerprint density at radius 3 is 3.11 bits per heavy atom. The zero-order chi connectivity index (χ0) is 12.9. The van der Waals surface area contributed by atoms with Crippen molar-refractivity contribution < 1.29 is 4.74 Å². The zero-order valence-electron chi connectivity index (χ0n) is 11.1. The number of hydrogen-bond acceptors (Lipinski definition) is 4. The van der Waals surface area contributed by atoms with Gasteiger partial charge in [0.15, 0.2) is 0 Å². The number of rotatable bonds is 5. The number of fused-ring (bicyclic) bond motifs is 1. The van der Waals surface area contributed by atoms with E-state index in [4.69, 9.17) is 4.74 Å². The second-order valence-electron chi connectivity index (χ2n) is 5.09. The molecule has 1 fully saturated rings. The molecule has 2 heterocycles. The molecule has 0 unspecified atom stereocenters. The number of benzene rings is 1. The first-order chi connectivity index (χ1) is 9.42. The molecule has 1 N–H and O–H groups in total. The Labute approximate surface area is 118 Å². The van der Waals surface area contributed by atoms with Crippen LogP contribution in [0.3, 0.4) is 0 Å². The summed E-state index contributed by atoms with van der Waals surface area (Å²) in [5, 5.41) is 4.37. The molecule has 3 rings (SSSR count). The van der Waals surface area contributed by atoms with Gasteiger partial charge in [-0.05, 0) is 44.4 Å². The van der Waals surface area contributed by atoms with Crippen LogP contribution >= 0.6 is 11.3 Å². The van der Waals surface area contributed by atoms with Crippen molar-refractivity contribution in [2.45, 2.75) is 38.1 Å². The highest BCUT2D eigenvalue weighted by Crippen LogP contribution is 2.27. The highest BCUT2D eigenvalue weighted by Gasteiger charge is 2.12. The van der Waals surface area contributed by atoms with Gasteiger partial charge >= 0.3 is 0 Å². The summed E-state index contributed by atoms with van der Waals surface area (Å²) in [6.45, 7) is 1.96. The van der Waals surface area contributed by atoms with Gasteiger partial charge in [-0.3, -0.25) is 0 Å². The average Bonchev–Trinajstić information content (AvgIpc) is 2.87. The molecule has 1 saturated heterocycles. The standard InChI is InChI=1S/C15H20N2OS/c1-2-9-14-13(8-1)17-15(19-14)18-11-5-7-12-6-3-4-10-16-12/h1-2,8-9,12,16H,3-7,10-11H2/t12-/m0/s1. The number of ether oxygens (including phenoxy) is 1. The first-order valence-corrected chi connectivity index (χ1v) is 7.95. The average molecular weight is 276 g/mol. The fraction of sp³-hybridized carbons (Fsp3) is 0.533. The molecule has 0 aliphatic carbocycles. The van der Waals surface area contributed by atoms with Gasteiger partial charge in [0.1, 0.15) is 0 Å². The van der Waals surface area contributed by atoms with Crippen molar-refractivity contribution in [1.82, 2.24) is 10.3 Å². The van der Waals surface area contributed by atoms with Crippen molar-refractivity contribution >= 4 is 21.6 Å². The molecule has 1 aromatic carbocycles. The van der Waals surface area contributed by atoms with Crippen molar-refractivity contribution in [1.29, 1.82) is 0 Å². The number of nitrogens with zero attached hydrogens (tertiary/aromatic N) is 1. The predicted octanol–water partition coefficient (Wildman–Crippen LogP) is 3.60.